The van der Waals surface area contributed by atoms with Crippen molar-refractivity contribution in [2.45, 2.75) is 25.4 Å². The van der Waals surface area contributed by atoms with E-state index < -0.39 is 0 Å². The molecule has 17 heavy (non-hydrogen) atoms. The maximum atomic E-state index is 11.7. The summed E-state index contributed by atoms with van der Waals surface area (Å²) in [6, 6.07) is 2.04. The minimum atomic E-state index is -0.331. The molecule has 0 aromatic carbocycles. The quantitative estimate of drug-likeness (QED) is 0.823. The van der Waals surface area contributed by atoms with Crippen molar-refractivity contribution >= 4 is 17.3 Å². The predicted octanol–water partition coefficient (Wildman–Crippen LogP) is 1.17. The van der Waals surface area contributed by atoms with Gasteiger partial charge in [-0.1, -0.05) is 0 Å². The van der Waals surface area contributed by atoms with Gasteiger partial charge in [0, 0.05) is 24.0 Å². The molecule has 0 aliphatic carbocycles. The Morgan fingerprint density at radius 1 is 1.76 bits per heavy atom. The molecule has 2 atom stereocenters. The molecule has 0 radical (unpaired) electrons. The van der Waals surface area contributed by atoms with Gasteiger partial charge in [0.15, 0.2) is 0 Å². The SMILES string of the molecule is COC(=O)C(CN)N1CCc2sccc2C1C. The molecule has 2 rings (SSSR count). The van der Waals surface area contributed by atoms with Crippen LogP contribution in [0.2, 0.25) is 0 Å². The number of thiophene rings is 1. The van der Waals surface area contributed by atoms with Gasteiger partial charge >= 0.3 is 5.97 Å². The van der Waals surface area contributed by atoms with Crippen LogP contribution in [0, 0.1) is 0 Å². The smallest absolute Gasteiger partial charge is 0.324 e. The number of carbonyl (C=O) groups is 1. The number of rotatable bonds is 3. The van der Waals surface area contributed by atoms with Crippen LogP contribution in [-0.4, -0.2) is 37.1 Å². The number of nitrogens with two attached hydrogens (primary N) is 1. The molecule has 1 aliphatic rings. The van der Waals surface area contributed by atoms with E-state index in [1.165, 1.54) is 17.6 Å². The van der Waals surface area contributed by atoms with Gasteiger partial charge in [-0.3, -0.25) is 9.69 Å². The Morgan fingerprint density at radius 3 is 3.18 bits per heavy atom. The Morgan fingerprint density at radius 2 is 2.53 bits per heavy atom. The molecule has 2 N–H and O–H groups in total. The van der Waals surface area contributed by atoms with Crippen molar-refractivity contribution < 1.29 is 9.53 Å². The molecule has 0 saturated carbocycles. The summed E-state index contributed by atoms with van der Waals surface area (Å²) < 4.78 is 4.82. The second-order valence-corrected chi connectivity index (χ2v) is 5.24. The summed E-state index contributed by atoms with van der Waals surface area (Å²) in [6.45, 7) is 3.29. The maximum Gasteiger partial charge on any atom is 0.324 e. The van der Waals surface area contributed by atoms with E-state index in [0.717, 1.165) is 13.0 Å². The fourth-order valence-corrected chi connectivity index (χ4v) is 3.42. The second kappa shape index (κ2) is 5.16. The van der Waals surface area contributed by atoms with Gasteiger partial charge in [0.25, 0.3) is 0 Å². The molecule has 5 heteroatoms. The van der Waals surface area contributed by atoms with Crippen molar-refractivity contribution in [3.63, 3.8) is 0 Å². The van der Waals surface area contributed by atoms with Crippen LogP contribution < -0.4 is 5.73 Å². The minimum Gasteiger partial charge on any atom is -0.468 e. The van der Waals surface area contributed by atoms with Gasteiger partial charge in [-0.15, -0.1) is 11.3 Å². The second-order valence-electron chi connectivity index (χ2n) is 4.24. The number of carbonyl (C=O) groups excluding carboxylic acids is 1. The van der Waals surface area contributed by atoms with E-state index >= 15 is 0 Å². The highest BCUT2D eigenvalue weighted by Crippen LogP contribution is 2.33. The standard InChI is InChI=1S/C12H18N2O2S/c1-8-9-4-6-17-11(9)3-5-14(8)10(7-13)12(15)16-2/h4,6,8,10H,3,5,7,13H2,1-2H3. The Hall–Kier alpha value is -0.910. The van der Waals surface area contributed by atoms with Crippen LogP contribution in [0.4, 0.5) is 0 Å². The van der Waals surface area contributed by atoms with E-state index in [1.54, 1.807) is 11.3 Å². The summed E-state index contributed by atoms with van der Waals surface area (Å²) in [4.78, 5) is 15.3. The Bertz CT molecular complexity index is 405. The third kappa shape index (κ3) is 2.22. The van der Waals surface area contributed by atoms with Crippen LogP contribution in [0.25, 0.3) is 0 Å². The van der Waals surface area contributed by atoms with Crippen LogP contribution >= 0.6 is 11.3 Å². The van der Waals surface area contributed by atoms with Gasteiger partial charge in [0.05, 0.1) is 7.11 Å². The van der Waals surface area contributed by atoms with E-state index in [-0.39, 0.29) is 18.1 Å². The van der Waals surface area contributed by atoms with E-state index in [0.29, 0.717) is 6.54 Å². The molecule has 2 unspecified atom stereocenters. The molecule has 1 aromatic heterocycles. The lowest BCUT2D eigenvalue weighted by Crippen LogP contribution is -2.50. The fraction of sp³-hybridized carbons (Fsp3) is 0.583. The van der Waals surface area contributed by atoms with Crippen molar-refractivity contribution in [3.05, 3.63) is 21.9 Å². The molecule has 0 spiro atoms. The van der Waals surface area contributed by atoms with Gasteiger partial charge in [-0.25, -0.2) is 0 Å². The van der Waals surface area contributed by atoms with Crippen molar-refractivity contribution in [2.75, 3.05) is 20.2 Å². The highest BCUT2D eigenvalue weighted by Gasteiger charge is 2.33. The average molecular weight is 254 g/mol. The molecule has 0 bridgehead atoms. The number of hydrogen-bond acceptors (Lipinski definition) is 5. The summed E-state index contributed by atoms with van der Waals surface area (Å²) in [6.07, 6.45) is 0.991. The summed E-state index contributed by atoms with van der Waals surface area (Å²) in [5.74, 6) is -0.238. The fourth-order valence-electron chi connectivity index (χ4n) is 2.46. The zero-order chi connectivity index (χ0) is 12.4. The third-order valence-corrected chi connectivity index (χ3v) is 4.42. The normalized spacial score (nSPS) is 21.9. The monoisotopic (exact) mass is 254 g/mol. The van der Waals surface area contributed by atoms with Crippen LogP contribution in [-0.2, 0) is 16.0 Å². The molecule has 0 amide bonds. The highest BCUT2D eigenvalue weighted by molar-refractivity contribution is 7.10. The predicted molar refractivity (Wildman–Crippen MR) is 68.0 cm³/mol. The van der Waals surface area contributed by atoms with Crippen LogP contribution in [0.15, 0.2) is 11.4 Å². The molecule has 0 fully saturated rings. The first-order chi connectivity index (χ1) is 8.19. The molecule has 1 aliphatic heterocycles. The molecule has 1 aromatic rings. The molecule has 94 valence electrons. The van der Waals surface area contributed by atoms with E-state index in [2.05, 4.69) is 23.3 Å². The molecule has 0 saturated heterocycles. The summed E-state index contributed by atoms with van der Waals surface area (Å²) in [5, 5.41) is 2.11. The minimum absolute atomic E-state index is 0.234. The average Bonchev–Trinajstić information content (AvgIpc) is 2.81. The van der Waals surface area contributed by atoms with Crippen molar-refractivity contribution in [1.29, 1.82) is 0 Å². The number of ether oxygens (including phenoxy) is 1. The van der Waals surface area contributed by atoms with Crippen molar-refractivity contribution in [1.82, 2.24) is 4.90 Å². The highest BCUT2D eigenvalue weighted by atomic mass is 32.1. The number of methoxy groups -OCH3 is 1. The lowest BCUT2D eigenvalue weighted by atomic mass is 9.99. The summed E-state index contributed by atoms with van der Waals surface area (Å²) in [7, 11) is 1.41. The number of nitrogens with zero attached hydrogens (tertiary/aromatic N) is 1. The molecule has 2 heterocycles. The largest absolute Gasteiger partial charge is 0.468 e. The third-order valence-electron chi connectivity index (χ3n) is 3.42. The number of fused-ring (bicyclic) bond motifs is 1. The topological polar surface area (TPSA) is 55.6 Å². The maximum absolute atomic E-state index is 11.7. The lowest BCUT2D eigenvalue weighted by Gasteiger charge is -2.37. The molecule has 4 nitrogen and oxygen atoms in total. The van der Waals surface area contributed by atoms with Crippen LogP contribution in [0.1, 0.15) is 23.4 Å². The Balaban J connectivity index is 2.21. The van der Waals surface area contributed by atoms with E-state index in [1.807, 2.05) is 0 Å². The number of hydrogen-bond donors (Lipinski definition) is 1. The Kier molecular flexibility index (Phi) is 3.81. The van der Waals surface area contributed by atoms with Gasteiger partial charge in [0.2, 0.25) is 0 Å². The van der Waals surface area contributed by atoms with E-state index in [9.17, 15) is 4.79 Å². The number of esters is 1. The zero-order valence-electron chi connectivity index (χ0n) is 10.2. The molecular formula is C12H18N2O2S. The van der Waals surface area contributed by atoms with Gasteiger partial charge in [0.1, 0.15) is 6.04 Å². The van der Waals surface area contributed by atoms with Gasteiger partial charge < -0.3 is 10.5 Å². The summed E-state index contributed by atoms with van der Waals surface area (Å²) >= 11 is 1.79. The van der Waals surface area contributed by atoms with Crippen LogP contribution in [0.3, 0.4) is 0 Å². The first-order valence-corrected chi connectivity index (χ1v) is 6.67. The van der Waals surface area contributed by atoms with Crippen molar-refractivity contribution in [3.8, 4) is 0 Å². The van der Waals surface area contributed by atoms with Gasteiger partial charge in [-0.2, -0.15) is 0 Å². The first-order valence-electron chi connectivity index (χ1n) is 5.79. The zero-order valence-corrected chi connectivity index (χ0v) is 11.0. The first kappa shape index (κ1) is 12.5. The van der Waals surface area contributed by atoms with Crippen molar-refractivity contribution in [2.24, 2.45) is 5.73 Å². The van der Waals surface area contributed by atoms with Gasteiger partial charge in [-0.05, 0) is 30.4 Å². The molecular weight excluding hydrogens is 236 g/mol. The van der Waals surface area contributed by atoms with Crippen LogP contribution in [0.5, 0.6) is 0 Å². The Labute approximate surface area is 105 Å². The van der Waals surface area contributed by atoms with E-state index in [4.69, 9.17) is 10.5 Å². The lowest BCUT2D eigenvalue weighted by molar-refractivity contribution is -0.147. The summed E-state index contributed by atoms with van der Waals surface area (Å²) in [5.41, 5.74) is 7.02.